The summed E-state index contributed by atoms with van der Waals surface area (Å²) in [4.78, 5) is 0. The maximum absolute atomic E-state index is 11.3. The highest BCUT2D eigenvalue weighted by Gasteiger charge is 2.14. The Balaban J connectivity index is 4.09. The minimum Gasteiger partial charge on any atom is -0.200 e. The van der Waals surface area contributed by atoms with Crippen LogP contribution in [0.1, 0.15) is 40.5 Å². The SMILES string of the molecule is CCC(C)NS(=O)(=O)NC(C)CC. The molecule has 0 amide bonds. The van der Waals surface area contributed by atoms with Crippen LogP contribution >= 0.6 is 0 Å². The fourth-order valence-corrected chi connectivity index (χ4v) is 2.19. The van der Waals surface area contributed by atoms with Gasteiger partial charge in [-0.15, -0.1) is 0 Å². The van der Waals surface area contributed by atoms with E-state index in [2.05, 4.69) is 9.44 Å². The van der Waals surface area contributed by atoms with Gasteiger partial charge in [-0.1, -0.05) is 13.8 Å². The van der Waals surface area contributed by atoms with Crippen molar-refractivity contribution in [2.24, 2.45) is 0 Å². The van der Waals surface area contributed by atoms with Gasteiger partial charge in [0.25, 0.3) is 10.2 Å². The summed E-state index contributed by atoms with van der Waals surface area (Å²) in [7, 11) is -3.30. The first-order valence-electron chi connectivity index (χ1n) is 4.70. The molecule has 5 heteroatoms. The van der Waals surface area contributed by atoms with Gasteiger partial charge in [0.2, 0.25) is 0 Å². The molecule has 0 bridgehead atoms. The van der Waals surface area contributed by atoms with Crippen LogP contribution in [0.5, 0.6) is 0 Å². The minimum absolute atomic E-state index is 0.0124. The molecule has 2 atom stereocenters. The molecule has 4 nitrogen and oxygen atoms in total. The van der Waals surface area contributed by atoms with E-state index >= 15 is 0 Å². The van der Waals surface area contributed by atoms with Crippen molar-refractivity contribution in [3.05, 3.63) is 0 Å². The fourth-order valence-electron chi connectivity index (χ4n) is 0.730. The quantitative estimate of drug-likeness (QED) is 0.684. The third-order valence-electron chi connectivity index (χ3n) is 1.94. The average Bonchev–Trinajstić information content (AvgIpc) is 2.02. The second-order valence-corrected chi connectivity index (χ2v) is 4.84. The Hall–Kier alpha value is -0.130. The standard InChI is InChI=1S/C8H20N2O2S/c1-5-7(3)9-13(11,12)10-8(4)6-2/h7-10H,5-6H2,1-4H3. The van der Waals surface area contributed by atoms with Gasteiger partial charge in [0.15, 0.2) is 0 Å². The predicted molar refractivity (Wildman–Crippen MR) is 54.7 cm³/mol. The van der Waals surface area contributed by atoms with Crippen molar-refractivity contribution < 1.29 is 8.42 Å². The van der Waals surface area contributed by atoms with E-state index in [1.54, 1.807) is 0 Å². The van der Waals surface area contributed by atoms with Crippen LogP contribution in [0, 0.1) is 0 Å². The molecule has 80 valence electrons. The Bertz CT molecular complexity index is 208. The van der Waals surface area contributed by atoms with Crippen LogP contribution < -0.4 is 9.44 Å². The summed E-state index contributed by atoms with van der Waals surface area (Å²) in [5.41, 5.74) is 0. The molecule has 0 saturated carbocycles. The fraction of sp³-hybridized carbons (Fsp3) is 1.00. The topological polar surface area (TPSA) is 58.2 Å². The molecular weight excluding hydrogens is 188 g/mol. The van der Waals surface area contributed by atoms with Crippen LogP contribution in [0.15, 0.2) is 0 Å². The van der Waals surface area contributed by atoms with E-state index in [1.165, 1.54) is 0 Å². The maximum Gasteiger partial charge on any atom is 0.277 e. The average molecular weight is 208 g/mol. The zero-order valence-corrected chi connectivity index (χ0v) is 9.61. The number of rotatable bonds is 6. The molecule has 0 heterocycles. The van der Waals surface area contributed by atoms with Crippen molar-refractivity contribution in [1.82, 2.24) is 9.44 Å². The molecule has 0 aliphatic heterocycles. The summed E-state index contributed by atoms with van der Waals surface area (Å²) in [5, 5.41) is 0. The Kier molecular flexibility index (Phi) is 5.51. The second-order valence-electron chi connectivity index (χ2n) is 3.36. The monoisotopic (exact) mass is 208 g/mol. The lowest BCUT2D eigenvalue weighted by molar-refractivity contribution is 0.523. The molecule has 0 spiro atoms. The summed E-state index contributed by atoms with van der Waals surface area (Å²) in [6, 6.07) is -0.0249. The first-order chi connectivity index (χ1) is 5.91. The molecule has 0 rings (SSSR count). The molecule has 0 aliphatic rings. The summed E-state index contributed by atoms with van der Waals surface area (Å²) < 4.78 is 27.8. The first kappa shape index (κ1) is 12.9. The van der Waals surface area contributed by atoms with Gasteiger partial charge in [0.1, 0.15) is 0 Å². The van der Waals surface area contributed by atoms with Gasteiger partial charge in [-0.3, -0.25) is 0 Å². The molecule has 2 N–H and O–H groups in total. The summed E-state index contributed by atoms with van der Waals surface area (Å²) in [6.07, 6.45) is 1.59. The molecule has 0 aromatic rings. The molecule has 2 unspecified atom stereocenters. The second kappa shape index (κ2) is 5.57. The molecule has 0 aromatic heterocycles. The van der Waals surface area contributed by atoms with Crippen LogP contribution in [-0.4, -0.2) is 20.5 Å². The number of nitrogens with one attached hydrogen (secondary N) is 2. The van der Waals surface area contributed by atoms with E-state index < -0.39 is 10.2 Å². The van der Waals surface area contributed by atoms with E-state index in [0.717, 1.165) is 12.8 Å². The van der Waals surface area contributed by atoms with Crippen LogP contribution in [0.25, 0.3) is 0 Å². The van der Waals surface area contributed by atoms with Crippen LogP contribution in [0.3, 0.4) is 0 Å². The lowest BCUT2D eigenvalue weighted by Crippen LogP contribution is -2.44. The van der Waals surface area contributed by atoms with Crippen molar-refractivity contribution in [1.29, 1.82) is 0 Å². The van der Waals surface area contributed by atoms with E-state index in [1.807, 2.05) is 27.7 Å². The van der Waals surface area contributed by atoms with Gasteiger partial charge >= 0.3 is 0 Å². The van der Waals surface area contributed by atoms with Gasteiger partial charge in [0, 0.05) is 12.1 Å². The highest BCUT2D eigenvalue weighted by atomic mass is 32.2. The van der Waals surface area contributed by atoms with Crippen LogP contribution in [0.2, 0.25) is 0 Å². The van der Waals surface area contributed by atoms with Gasteiger partial charge < -0.3 is 0 Å². The van der Waals surface area contributed by atoms with E-state index in [4.69, 9.17) is 0 Å². The van der Waals surface area contributed by atoms with Gasteiger partial charge in [-0.05, 0) is 26.7 Å². The third-order valence-corrected chi connectivity index (χ3v) is 3.36. The van der Waals surface area contributed by atoms with Crippen molar-refractivity contribution in [2.75, 3.05) is 0 Å². The summed E-state index contributed by atoms with van der Waals surface area (Å²) in [6.45, 7) is 7.57. The van der Waals surface area contributed by atoms with Crippen molar-refractivity contribution >= 4 is 10.2 Å². The molecular formula is C8H20N2O2S. The van der Waals surface area contributed by atoms with E-state index in [-0.39, 0.29) is 12.1 Å². The van der Waals surface area contributed by atoms with Crippen molar-refractivity contribution in [3.8, 4) is 0 Å². The summed E-state index contributed by atoms with van der Waals surface area (Å²) in [5.74, 6) is 0. The predicted octanol–water partition coefficient (Wildman–Crippen LogP) is 1.01. The zero-order valence-electron chi connectivity index (χ0n) is 8.79. The molecule has 0 fully saturated rings. The zero-order chi connectivity index (χ0) is 10.5. The van der Waals surface area contributed by atoms with Crippen LogP contribution in [-0.2, 0) is 10.2 Å². The molecule has 0 aliphatic carbocycles. The molecule has 0 aromatic carbocycles. The Labute approximate surface area is 81.3 Å². The summed E-state index contributed by atoms with van der Waals surface area (Å²) >= 11 is 0. The minimum atomic E-state index is -3.30. The number of hydrogen-bond donors (Lipinski definition) is 2. The van der Waals surface area contributed by atoms with E-state index in [0.29, 0.717) is 0 Å². The normalized spacial score (nSPS) is 16.9. The smallest absolute Gasteiger partial charge is 0.200 e. The maximum atomic E-state index is 11.3. The first-order valence-corrected chi connectivity index (χ1v) is 6.19. The molecule has 0 saturated heterocycles. The van der Waals surface area contributed by atoms with Gasteiger partial charge in [-0.2, -0.15) is 17.9 Å². The van der Waals surface area contributed by atoms with Gasteiger partial charge in [-0.25, -0.2) is 0 Å². The Morgan fingerprint density at radius 2 is 1.31 bits per heavy atom. The Morgan fingerprint density at radius 1 is 1.00 bits per heavy atom. The Morgan fingerprint density at radius 3 is 1.54 bits per heavy atom. The lowest BCUT2D eigenvalue weighted by Gasteiger charge is -2.15. The van der Waals surface area contributed by atoms with E-state index in [9.17, 15) is 8.42 Å². The molecule has 13 heavy (non-hydrogen) atoms. The highest BCUT2D eigenvalue weighted by Crippen LogP contribution is 1.94. The largest absolute Gasteiger partial charge is 0.277 e. The highest BCUT2D eigenvalue weighted by molar-refractivity contribution is 7.87. The van der Waals surface area contributed by atoms with Gasteiger partial charge in [0.05, 0.1) is 0 Å². The third kappa shape index (κ3) is 6.01. The number of hydrogen-bond acceptors (Lipinski definition) is 2. The lowest BCUT2D eigenvalue weighted by atomic mass is 10.3. The molecule has 0 radical (unpaired) electrons. The van der Waals surface area contributed by atoms with Crippen LogP contribution in [0.4, 0.5) is 0 Å². The van der Waals surface area contributed by atoms with Crippen molar-refractivity contribution in [3.63, 3.8) is 0 Å². The van der Waals surface area contributed by atoms with Crippen molar-refractivity contribution in [2.45, 2.75) is 52.6 Å².